The fourth-order valence-corrected chi connectivity index (χ4v) is 2.40. The standard InChI is InChI=1S/C16H18N2O2S/c1-11-6-7-12(2)14(9-11)20-10-16(19)18-17-13(3)15-5-4-8-21-15/h4-9H,10H2,1-3H3,(H,18,19). The van der Waals surface area contributed by atoms with Crippen LogP contribution < -0.4 is 10.2 Å². The minimum absolute atomic E-state index is 0.0501. The number of nitrogens with one attached hydrogen (secondary N) is 1. The van der Waals surface area contributed by atoms with Crippen LogP contribution in [-0.4, -0.2) is 18.2 Å². The highest BCUT2D eigenvalue weighted by atomic mass is 32.1. The second-order valence-electron chi connectivity index (χ2n) is 4.77. The van der Waals surface area contributed by atoms with Crippen LogP contribution in [0.4, 0.5) is 0 Å². The summed E-state index contributed by atoms with van der Waals surface area (Å²) in [6.45, 7) is 5.75. The summed E-state index contributed by atoms with van der Waals surface area (Å²) in [6.07, 6.45) is 0. The molecule has 5 heteroatoms. The zero-order valence-electron chi connectivity index (χ0n) is 12.3. The smallest absolute Gasteiger partial charge is 0.277 e. The van der Waals surface area contributed by atoms with Crippen molar-refractivity contribution in [2.75, 3.05) is 6.61 Å². The van der Waals surface area contributed by atoms with Crippen LogP contribution in [0.25, 0.3) is 0 Å². The topological polar surface area (TPSA) is 50.7 Å². The van der Waals surface area contributed by atoms with Gasteiger partial charge in [0.05, 0.1) is 5.71 Å². The van der Waals surface area contributed by atoms with Gasteiger partial charge in [-0.05, 0) is 49.4 Å². The van der Waals surface area contributed by atoms with Crippen LogP contribution in [0.3, 0.4) is 0 Å². The number of aryl methyl sites for hydroxylation is 2. The van der Waals surface area contributed by atoms with E-state index in [1.54, 1.807) is 11.3 Å². The van der Waals surface area contributed by atoms with Crippen LogP contribution in [0.5, 0.6) is 5.75 Å². The van der Waals surface area contributed by atoms with E-state index >= 15 is 0 Å². The van der Waals surface area contributed by atoms with Crippen molar-refractivity contribution in [3.8, 4) is 5.75 Å². The van der Waals surface area contributed by atoms with Crippen LogP contribution in [0, 0.1) is 13.8 Å². The normalized spacial score (nSPS) is 11.3. The first kappa shape index (κ1) is 15.3. The van der Waals surface area contributed by atoms with Gasteiger partial charge >= 0.3 is 0 Å². The zero-order valence-corrected chi connectivity index (χ0v) is 13.2. The number of hydrogen-bond acceptors (Lipinski definition) is 4. The summed E-state index contributed by atoms with van der Waals surface area (Å²) in [5.41, 5.74) is 5.39. The fraction of sp³-hybridized carbons (Fsp3) is 0.250. The SMILES string of the molecule is CC(=NNC(=O)COc1cc(C)ccc1C)c1cccs1. The molecule has 1 amide bonds. The molecule has 0 fully saturated rings. The van der Waals surface area contributed by atoms with Crippen molar-refractivity contribution in [3.63, 3.8) is 0 Å². The third-order valence-electron chi connectivity index (χ3n) is 2.93. The molecule has 0 radical (unpaired) electrons. The van der Waals surface area contributed by atoms with E-state index in [0.717, 1.165) is 27.5 Å². The van der Waals surface area contributed by atoms with Gasteiger partial charge in [0, 0.05) is 4.88 Å². The Morgan fingerprint density at radius 2 is 2.14 bits per heavy atom. The zero-order chi connectivity index (χ0) is 15.2. The number of carbonyl (C=O) groups excluding carboxylic acids is 1. The molecular formula is C16H18N2O2S. The van der Waals surface area contributed by atoms with E-state index in [-0.39, 0.29) is 12.5 Å². The number of benzene rings is 1. The number of carbonyl (C=O) groups is 1. The number of amides is 1. The van der Waals surface area contributed by atoms with Crippen molar-refractivity contribution in [2.24, 2.45) is 5.10 Å². The first-order chi connectivity index (χ1) is 10.1. The Morgan fingerprint density at radius 3 is 2.86 bits per heavy atom. The number of ether oxygens (including phenoxy) is 1. The number of hydrazone groups is 1. The number of rotatable bonds is 5. The van der Waals surface area contributed by atoms with Gasteiger partial charge in [-0.2, -0.15) is 5.10 Å². The van der Waals surface area contributed by atoms with Gasteiger partial charge in [-0.3, -0.25) is 4.79 Å². The van der Waals surface area contributed by atoms with Gasteiger partial charge in [0.1, 0.15) is 5.75 Å². The third-order valence-corrected chi connectivity index (χ3v) is 3.91. The summed E-state index contributed by atoms with van der Waals surface area (Å²) >= 11 is 1.58. The maximum atomic E-state index is 11.7. The van der Waals surface area contributed by atoms with Gasteiger partial charge in [0.25, 0.3) is 5.91 Å². The molecule has 2 rings (SSSR count). The fourth-order valence-electron chi connectivity index (χ4n) is 1.72. The maximum Gasteiger partial charge on any atom is 0.277 e. The van der Waals surface area contributed by atoms with Gasteiger partial charge in [0.15, 0.2) is 6.61 Å². The van der Waals surface area contributed by atoms with Gasteiger partial charge in [-0.15, -0.1) is 11.3 Å². The van der Waals surface area contributed by atoms with Crippen molar-refractivity contribution in [1.29, 1.82) is 0 Å². The molecule has 0 saturated heterocycles. The van der Waals surface area contributed by atoms with E-state index in [0.29, 0.717) is 0 Å². The summed E-state index contributed by atoms with van der Waals surface area (Å²) in [5.74, 6) is 0.455. The molecule has 0 spiro atoms. The Bertz CT molecular complexity index is 648. The molecule has 1 heterocycles. The highest BCUT2D eigenvalue weighted by Gasteiger charge is 2.05. The molecule has 110 valence electrons. The second-order valence-corrected chi connectivity index (χ2v) is 5.71. The number of hydrogen-bond donors (Lipinski definition) is 1. The Kier molecular flexibility index (Phi) is 5.11. The van der Waals surface area contributed by atoms with Crippen LogP contribution in [0.1, 0.15) is 22.9 Å². The van der Waals surface area contributed by atoms with E-state index < -0.39 is 0 Å². The van der Waals surface area contributed by atoms with Gasteiger partial charge in [-0.1, -0.05) is 18.2 Å². The molecule has 0 bridgehead atoms. The first-order valence-electron chi connectivity index (χ1n) is 6.63. The van der Waals surface area contributed by atoms with Crippen molar-refractivity contribution in [3.05, 3.63) is 51.7 Å². The minimum Gasteiger partial charge on any atom is -0.483 e. The summed E-state index contributed by atoms with van der Waals surface area (Å²) in [4.78, 5) is 12.8. The Hall–Kier alpha value is -2.14. The molecule has 1 aromatic heterocycles. The van der Waals surface area contributed by atoms with Crippen LogP contribution in [-0.2, 0) is 4.79 Å². The average molecular weight is 302 g/mol. The summed E-state index contributed by atoms with van der Waals surface area (Å²) in [6, 6.07) is 9.81. The highest BCUT2D eigenvalue weighted by molar-refractivity contribution is 7.12. The molecule has 0 saturated carbocycles. The molecule has 1 aromatic carbocycles. The van der Waals surface area contributed by atoms with E-state index in [2.05, 4.69) is 10.5 Å². The van der Waals surface area contributed by atoms with Crippen LogP contribution >= 0.6 is 11.3 Å². The Labute approximate surface area is 128 Å². The average Bonchev–Trinajstić information content (AvgIpc) is 3.00. The van der Waals surface area contributed by atoms with Crippen LogP contribution in [0.2, 0.25) is 0 Å². The van der Waals surface area contributed by atoms with Crippen molar-refractivity contribution >= 4 is 23.0 Å². The van der Waals surface area contributed by atoms with Gasteiger partial charge in [-0.25, -0.2) is 5.43 Å². The van der Waals surface area contributed by atoms with Gasteiger partial charge < -0.3 is 4.74 Å². The molecule has 0 atom stereocenters. The molecule has 0 aliphatic rings. The second kappa shape index (κ2) is 7.04. The molecule has 4 nitrogen and oxygen atoms in total. The summed E-state index contributed by atoms with van der Waals surface area (Å²) in [7, 11) is 0. The van der Waals surface area contributed by atoms with E-state index in [1.807, 2.05) is 56.5 Å². The largest absolute Gasteiger partial charge is 0.483 e. The summed E-state index contributed by atoms with van der Waals surface area (Å²) < 4.78 is 5.52. The monoisotopic (exact) mass is 302 g/mol. The van der Waals surface area contributed by atoms with Gasteiger partial charge in [0.2, 0.25) is 0 Å². The molecule has 0 aliphatic heterocycles. The third kappa shape index (κ3) is 4.43. The lowest BCUT2D eigenvalue weighted by molar-refractivity contribution is -0.123. The molecule has 2 aromatic rings. The van der Waals surface area contributed by atoms with E-state index in [1.165, 1.54) is 0 Å². The lowest BCUT2D eigenvalue weighted by Crippen LogP contribution is -2.25. The summed E-state index contributed by atoms with van der Waals surface area (Å²) in [5, 5.41) is 6.04. The van der Waals surface area contributed by atoms with E-state index in [9.17, 15) is 4.79 Å². The van der Waals surface area contributed by atoms with Crippen molar-refractivity contribution in [1.82, 2.24) is 5.43 Å². The minimum atomic E-state index is -0.271. The molecule has 1 N–H and O–H groups in total. The maximum absolute atomic E-state index is 11.7. The molecule has 0 unspecified atom stereocenters. The van der Waals surface area contributed by atoms with E-state index in [4.69, 9.17) is 4.74 Å². The van der Waals surface area contributed by atoms with Crippen molar-refractivity contribution < 1.29 is 9.53 Å². The number of thiophene rings is 1. The van der Waals surface area contributed by atoms with Crippen LogP contribution in [0.15, 0.2) is 40.8 Å². The molecule has 21 heavy (non-hydrogen) atoms. The number of nitrogens with zero attached hydrogens (tertiary/aromatic N) is 1. The predicted octanol–water partition coefficient (Wildman–Crippen LogP) is 3.28. The molecular weight excluding hydrogens is 284 g/mol. The van der Waals surface area contributed by atoms with Crippen molar-refractivity contribution in [2.45, 2.75) is 20.8 Å². The first-order valence-corrected chi connectivity index (χ1v) is 7.51. The predicted molar refractivity (Wildman–Crippen MR) is 86.1 cm³/mol. The highest BCUT2D eigenvalue weighted by Crippen LogP contribution is 2.18. The Morgan fingerprint density at radius 1 is 1.33 bits per heavy atom. The lowest BCUT2D eigenvalue weighted by Gasteiger charge is -2.09. The quantitative estimate of drug-likeness (QED) is 0.680. The molecule has 0 aliphatic carbocycles. The lowest BCUT2D eigenvalue weighted by atomic mass is 10.1. The Balaban J connectivity index is 1.88.